The summed E-state index contributed by atoms with van der Waals surface area (Å²) in [6, 6.07) is 89.0. The van der Waals surface area contributed by atoms with Crippen LogP contribution < -0.4 is 4.90 Å². The van der Waals surface area contributed by atoms with Gasteiger partial charge in [-0.2, -0.15) is 0 Å². The SMILES string of the molecule is c1ccc(N(c2cccc(-c3ccc4c5ccc6ccccc6c5n(-c5ccccc5)c4c3)c2)c2ccc3c(c2)C(c2ccccc2)(c2ccccc2)c2ccccc2-3)cc1. The quantitative estimate of drug-likeness (QED) is 0.156. The predicted molar refractivity (Wildman–Crippen MR) is 256 cm³/mol. The molecule has 286 valence electrons. The van der Waals surface area contributed by atoms with Crippen LogP contribution in [0, 0.1) is 0 Å². The van der Waals surface area contributed by atoms with Gasteiger partial charge in [0.1, 0.15) is 0 Å². The number of rotatable bonds is 7. The second-order valence-electron chi connectivity index (χ2n) is 16.1. The number of benzene rings is 10. The van der Waals surface area contributed by atoms with Crippen LogP contribution in [0.1, 0.15) is 22.3 Å². The van der Waals surface area contributed by atoms with Gasteiger partial charge in [0.2, 0.25) is 0 Å². The Hall–Kier alpha value is -7.94. The molecule has 0 spiro atoms. The molecule has 1 heterocycles. The first-order chi connectivity index (χ1) is 30.3. The third-order valence-corrected chi connectivity index (χ3v) is 12.8. The Labute approximate surface area is 355 Å². The molecule has 11 aromatic rings. The molecule has 1 aromatic heterocycles. The van der Waals surface area contributed by atoms with Gasteiger partial charge in [-0.25, -0.2) is 0 Å². The molecule has 10 aromatic carbocycles. The Balaban J connectivity index is 1.05. The van der Waals surface area contributed by atoms with Crippen LogP contribution >= 0.6 is 0 Å². The van der Waals surface area contributed by atoms with Gasteiger partial charge in [-0.15, -0.1) is 0 Å². The van der Waals surface area contributed by atoms with E-state index in [0.29, 0.717) is 0 Å². The van der Waals surface area contributed by atoms with E-state index in [4.69, 9.17) is 0 Å². The van der Waals surface area contributed by atoms with E-state index in [2.05, 4.69) is 252 Å². The largest absolute Gasteiger partial charge is 0.310 e. The molecule has 0 amide bonds. The fourth-order valence-electron chi connectivity index (χ4n) is 10.2. The van der Waals surface area contributed by atoms with Gasteiger partial charge in [0.15, 0.2) is 0 Å². The second kappa shape index (κ2) is 14.1. The number of fused-ring (bicyclic) bond motifs is 8. The van der Waals surface area contributed by atoms with E-state index in [-0.39, 0.29) is 0 Å². The maximum atomic E-state index is 2.45. The van der Waals surface area contributed by atoms with Crippen molar-refractivity contribution < 1.29 is 0 Å². The van der Waals surface area contributed by atoms with E-state index in [0.717, 1.165) is 28.3 Å². The monoisotopic (exact) mass is 776 g/mol. The fraction of sp³-hybridized carbons (Fsp3) is 0.0169. The molecule has 0 saturated heterocycles. The molecule has 0 N–H and O–H groups in total. The van der Waals surface area contributed by atoms with Crippen molar-refractivity contribution in [2.45, 2.75) is 5.41 Å². The fourth-order valence-corrected chi connectivity index (χ4v) is 10.2. The van der Waals surface area contributed by atoms with Crippen LogP contribution in [0.5, 0.6) is 0 Å². The van der Waals surface area contributed by atoms with Crippen LogP contribution in [0.3, 0.4) is 0 Å². The lowest BCUT2D eigenvalue weighted by Crippen LogP contribution is -2.28. The topological polar surface area (TPSA) is 8.17 Å². The predicted octanol–water partition coefficient (Wildman–Crippen LogP) is 15.4. The highest BCUT2D eigenvalue weighted by atomic mass is 15.1. The summed E-state index contributed by atoms with van der Waals surface area (Å²) in [6.07, 6.45) is 0. The maximum Gasteiger partial charge on any atom is 0.0714 e. The summed E-state index contributed by atoms with van der Waals surface area (Å²) >= 11 is 0. The number of nitrogens with zero attached hydrogens (tertiary/aromatic N) is 2. The van der Waals surface area contributed by atoms with E-state index < -0.39 is 5.41 Å². The van der Waals surface area contributed by atoms with E-state index in [9.17, 15) is 0 Å². The lowest BCUT2D eigenvalue weighted by Gasteiger charge is -2.35. The van der Waals surface area contributed by atoms with Gasteiger partial charge in [0.05, 0.1) is 16.4 Å². The van der Waals surface area contributed by atoms with Crippen molar-refractivity contribution in [3.05, 3.63) is 265 Å². The zero-order valence-corrected chi connectivity index (χ0v) is 33.5. The second-order valence-corrected chi connectivity index (χ2v) is 16.1. The van der Waals surface area contributed by atoms with Crippen LogP contribution in [0.2, 0.25) is 0 Å². The van der Waals surface area contributed by atoms with E-state index in [1.807, 2.05) is 0 Å². The average molecular weight is 777 g/mol. The third kappa shape index (κ3) is 5.43. The zero-order valence-electron chi connectivity index (χ0n) is 33.5. The number of hydrogen-bond acceptors (Lipinski definition) is 1. The highest BCUT2D eigenvalue weighted by molar-refractivity contribution is 6.19. The lowest BCUT2D eigenvalue weighted by atomic mass is 9.67. The summed E-state index contributed by atoms with van der Waals surface area (Å²) < 4.78 is 2.45. The lowest BCUT2D eigenvalue weighted by molar-refractivity contribution is 0.768. The van der Waals surface area contributed by atoms with Crippen molar-refractivity contribution in [3.8, 4) is 27.9 Å². The first-order valence-corrected chi connectivity index (χ1v) is 21.1. The molecule has 0 radical (unpaired) electrons. The van der Waals surface area contributed by atoms with Crippen molar-refractivity contribution in [2.24, 2.45) is 0 Å². The third-order valence-electron chi connectivity index (χ3n) is 12.8. The number of para-hydroxylation sites is 2. The van der Waals surface area contributed by atoms with Gasteiger partial charge in [-0.05, 0) is 104 Å². The van der Waals surface area contributed by atoms with Gasteiger partial charge in [-0.3, -0.25) is 0 Å². The van der Waals surface area contributed by atoms with E-state index in [1.165, 1.54) is 71.5 Å². The van der Waals surface area contributed by atoms with Crippen LogP contribution in [0.4, 0.5) is 17.1 Å². The molecule has 0 aliphatic heterocycles. The molecule has 61 heavy (non-hydrogen) atoms. The maximum absolute atomic E-state index is 2.45. The normalized spacial score (nSPS) is 12.7. The summed E-state index contributed by atoms with van der Waals surface area (Å²) in [5.41, 5.74) is 16.4. The minimum Gasteiger partial charge on any atom is -0.310 e. The molecule has 0 bridgehead atoms. The summed E-state index contributed by atoms with van der Waals surface area (Å²) in [7, 11) is 0. The molecule has 12 rings (SSSR count). The van der Waals surface area contributed by atoms with E-state index in [1.54, 1.807) is 0 Å². The van der Waals surface area contributed by atoms with Crippen LogP contribution in [0.15, 0.2) is 243 Å². The average Bonchev–Trinajstić information content (AvgIpc) is 3.83. The molecule has 0 saturated carbocycles. The first-order valence-electron chi connectivity index (χ1n) is 21.1. The molecule has 0 atom stereocenters. The number of hydrogen-bond donors (Lipinski definition) is 0. The Kier molecular flexibility index (Phi) is 8.11. The van der Waals surface area contributed by atoms with Crippen molar-refractivity contribution in [1.29, 1.82) is 0 Å². The highest BCUT2D eigenvalue weighted by Crippen LogP contribution is 2.57. The molecule has 1 aliphatic carbocycles. The summed E-state index contributed by atoms with van der Waals surface area (Å²) in [5.74, 6) is 0. The summed E-state index contributed by atoms with van der Waals surface area (Å²) in [6.45, 7) is 0. The minimum atomic E-state index is -0.493. The molecule has 0 unspecified atom stereocenters. The van der Waals surface area contributed by atoms with Crippen LogP contribution in [-0.4, -0.2) is 4.57 Å². The van der Waals surface area contributed by atoms with Gasteiger partial charge in [-0.1, -0.05) is 188 Å². The Morgan fingerprint density at radius 2 is 0.934 bits per heavy atom. The minimum absolute atomic E-state index is 0.493. The molecule has 2 heteroatoms. The molecule has 1 aliphatic rings. The van der Waals surface area contributed by atoms with Crippen molar-refractivity contribution in [2.75, 3.05) is 4.90 Å². The molecular weight excluding hydrogens is 737 g/mol. The van der Waals surface area contributed by atoms with E-state index >= 15 is 0 Å². The number of anilines is 3. The Morgan fingerprint density at radius 3 is 1.70 bits per heavy atom. The van der Waals surface area contributed by atoms with Gasteiger partial charge in [0, 0.05) is 38.9 Å². The van der Waals surface area contributed by atoms with Gasteiger partial charge < -0.3 is 9.47 Å². The Bertz CT molecular complexity index is 3360. The highest BCUT2D eigenvalue weighted by Gasteiger charge is 2.46. The van der Waals surface area contributed by atoms with Crippen molar-refractivity contribution in [1.82, 2.24) is 4.57 Å². The smallest absolute Gasteiger partial charge is 0.0714 e. The van der Waals surface area contributed by atoms with Crippen molar-refractivity contribution >= 4 is 49.6 Å². The molecule has 2 nitrogen and oxygen atoms in total. The van der Waals surface area contributed by atoms with Crippen LogP contribution in [0.25, 0.3) is 60.5 Å². The Morgan fingerprint density at radius 1 is 0.344 bits per heavy atom. The molecular formula is C59H40N2. The van der Waals surface area contributed by atoms with Gasteiger partial charge >= 0.3 is 0 Å². The first kappa shape index (κ1) is 35.0. The number of aromatic nitrogens is 1. The van der Waals surface area contributed by atoms with Gasteiger partial charge in [0.25, 0.3) is 0 Å². The zero-order chi connectivity index (χ0) is 40.3. The summed E-state index contributed by atoms with van der Waals surface area (Å²) in [5, 5.41) is 5.00. The van der Waals surface area contributed by atoms with Crippen molar-refractivity contribution in [3.63, 3.8) is 0 Å². The standard InChI is InChI=1S/C59H40N2/c1-5-20-44(21-6-1)59(45-22-7-2-8-23-45)55-31-16-15-30-51(55)52-37-34-49(40-56(52)59)60(46-24-9-3-10-25-46)48-28-17-19-42(38-48)43-33-35-53-54-36-32-41-18-13-14-29-50(41)58(54)61(57(53)39-43)47-26-11-4-12-27-47/h1-40H. The van der Waals surface area contributed by atoms with Crippen LogP contribution in [-0.2, 0) is 5.41 Å². The summed E-state index contributed by atoms with van der Waals surface area (Å²) in [4.78, 5) is 2.42. The molecule has 0 fully saturated rings.